The predicted octanol–water partition coefficient (Wildman–Crippen LogP) is 3.19. The molecule has 0 spiro atoms. The van der Waals surface area contributed by atoms with Crippen LogP contribution in [0.5, 0.6) is 0 Å². The molecule has 2 aliphatic heterocycles. The molecule has 2 bridgehead atoms. The minimum atomic E-state index is 0.785. The first-order valence-corrected chi connectivity index (χ1v) is 7.13. The number of aromatic nitrogens is 1. The lowest BCUT2D eigenvalue weighted by Gasteiger charge is -2.22. The van der Waals surface area contributed by atoms with E-state index in [0.717, 1.165) is 17.8 Å². The van der Waals surface area contributed by atoms with Gasteiger partial charge in [-0.25, -0.2) is 0 Å². The number of nitrogen functional groups attached to an aromatic ring is 1. The third kappa shape index (κ3) is 1.72. The SMILES string of the molecule is Nc1ccc(-n2ccc(N3C4CCC3CC4)c2)cc1. The Morgan fingerprint density at radius 1 is 0.842 bits per heavy atom. The van der Waals surface area contributed by atoms with E-state index in [9.17, 15) is 0 Å². The normalized spacial score (nSPS) is 25.2. The quantitative estimate of drug-likeness (QED) is 0.834. The Morgan fingerprint density at radius 2 is 1.47 bits per heavy atom. The van der Waals surface area contributed by atoms with Gasteiger partial charge < -0.3 is 15.2 Å². The molecule has 0 saturated carbocycles. The van der Waals surface area contributed by atoms with Crippen LogP contribution in [0.2, 0.25) is 0 Å². The van der Waals surface area contributed by atoms with Crippen LogP contribution in [0.4, 0.5) is 11.4 Å². The van der Waals surface area contributed by atoms with Gasteiger partial charge in [-0.2, -0.15) is 0 Å². The summed E-state index contributed by atoms with van der Waals surface area (Å²) in [6, 6.07) is 11.9. The van der Waals surface area contributed by atoms with Crippen molar-refractivity contribution in [3.8, 4) is 5.69 Å². The molecule has 2 saturated heterocycles. The van der Waals surface area contributed by atoms with Crippen LogP contribution in [-0.4, -0.2) is 16.7 Å². The molecule has 3 heteroatoms. The second-order valence-corrected chi connectivity index (χ2v) is 5.74. The number of anilines is 2. The van der Waals surface area contributed by atoms with Crippen LogP contribution >= 0.6 is 0 Å². The number of nitrogens with zero attached hydrogens (tertiary/aromatic N) is 2. The number of nitrogens with two attached hydrogens (primary N) is 1. The molecular formula is C16H19N3. The van der Waals surface area contributed by atoms with E-state index in [1.54, 1.807) is 0 Å². The fourth-order valence-electron chi connectivity index (χ4n) is 3.68. The Bertz CT molecular complexity index is 564. The molecule has 0 atom stereocenters. The van der Waals surface area contributed by atoms with Gasteiger partial charge in [-0.3, -0.25) is 0 Å². The topological polar surface area (TPSA) is 34.2 Å². The first-order valence-electron chi connectivity index (χ1n) is 7.13. The number of hydrogen-bond acceptors (Lipinski definition) is 2. The van der Waals surface area contributed by atoms with E-state index in [-0.39, 0.29) is 0 Å². The van der Waals surface area contributed by atoms with Crippen molar-refractivity contribution in [2.75, 3.05) is 10.6 Å². The van der Waals surface area contributed by atoms with Crippen LogP contribution < -0.4 is 10.6 Å². The van der Waals surface area contributed by atoms with Crippen molar-refractivity contribution in [1.29, 1.82) is 0 Å². The molecule has 0 amide bonds. The highest BCUT2D eigenvalue weighted by Gasteiger charge is 2.39. The van der Waals surface area contributed by atoms with Crippen molar-refractivity contribution in [2.45, 2.75) is 37.8 Å². The molecule has 2 fully saturated rings. The average Bonchev–Trinajstić information content (AvgIpc) is 3.13. The van der Waals surface area contributed by atoms with Gasteiger partial charge in [-0.15, -0.1) is 0 Å². The smallest absolute Gasteiger partial charge is 0.0555 e. The first kappa shape index (κ1) is 11.0. The second-order valence-electron chi connectivity index (χ2n) is 5.74. The molecule has 2 aliphatic rings. The minimum absolute atomic E-state index is 0.785. The van der Waals surface area contributed by atoms with E-state index in [1.165, 1.54) is 37.1 Å². The minimum Gasteiger partial charge on any atom is -0.399 e. The lowest BCUT2D eigenvalue weighted by molar-refractivity contribution is 0.576. The molecule has 19 heavy (non-hydrogen) atoms. The van der Waals surface area contributed by atoms with Crippen LogP contribution in [-0.2, 0) is 0 Å². The highest BCUT2D eigenvalue weighted by atomic mass is 15.2. The number of rotatable bonds is 2. The van der Waals surface area contributed by atoms with E-state index < -0.39 is 0 Å². The lowest BCUT2D eigenvalue weighted by atomic mass is 10.0. The van der Waals surface area contributed by atoms with Crippen LogP contribution in [0.3, 0.4) is 0 Å². The molecule has 0 aliphatic carbocycles. The first-order chi connectivity index (χ1) is 9.31. The second kappa shape index (κ2) is 4.05. The third-order valence-corrected chi connectivity index (χ3v) is 4.62. The number of hydrogen-bond donors (Lipinski definition) is 1. The molecule has 2 N–H and O–H groups in total. The summed E-state index contributed by atoms with van der Waals surface area (Å²) in [4.78, 5) is 2.63. The summed E-state index contributed by atoms with van der Waals surface area (Å²) in [6.45, 7) is 0. The van der Waals surface area contributed by atoms with Gasteiger partial charge in [0.05, 0.1) is 5.69 Å². The Labute approximate surface area is 113 Å². The Hall–Kier alpha value is -1.90. The molecule has 0 radical (unpaired) electrons. The molecule has 0 unspecified atom stereocenters. The van der Waals surface area contributed by atoms with Crippen molar-refractivity contribution in [2.24, 2.45) is 0 Å². The molecule has 98 valence electrons. The number of fused-ring (bicyclic) bond motifs is 2. The largest absolute Gasteiger partial charge is 0.399 e. The van der Waals surface area contributed by atoms with Crippen molar-refractivity contribution in [3.63, 3.8) is 0 Å². The fraction of sp³-hybridized carbons (Fsp3) is 0.375. The zero-order valence-electron chi connectivity index (χ0n) is 11.0. The average molecular weight is 253 g/mol. The maximum atomic E-state index is 5.74. The van der Waals surface area contributed by atoms with Crippen LogP contribution in [0, 0.1) is 0 Å². The summed E-state index contributed by atoms with van der Waals surface area (Å²) in [6.07, 6.45) is 9.89. The van der Waals surface area contributed by atoms with E-state index in [4.69, 9.17) is 5.73 Å². The Kier molecular flexibility index (Phi) is 2.34. The lowest BCUT2D eigenvalue weighted by Crippen LogP contribution is -2.27. The molecule has 3 nitrogen and oxygen atoms in total. The van der Waals surface area contributed by atoms with Crippen LogP contribution in [0.25, 0.3) is 5.69 Å². The predicted molar refractivity (Wildman–Crippen MR) is 78.7 cm³/mol. The van der Waals surface area contributed by atoms with Crippen molar-refractivity contribution in [3.05, 3.63) is 42.7 Å². The van der Waals surface area contributed by atoms with Crippen molar-refractivity contribution >= 4 is 11.4 Å². The number of benzene rings is 1. The molecule has 2 aromatic rings. The summed E-state index contributed by atoms with van der Waals surface area (Å²) in [5.41, 5.74) is 9.10. The Balaban J connectivity index is 1.65. The van der Waals surface area contributed by atoms with E-state index in [1.807, 2.05) is 12.1 Å². The molecule has 1 aromatic carbocycles. The fourth-order valence-corrected chi connectivity index (χ4v) is 3.68. The van der Waals surface area contributed by atoms with E-state index in [0.29, 0.717) is 0 Å². The van der Waals surface area contributed by atoms with Gasteiger partial charge in [0.25, 0.3) is 0 Å². The molecule has 4 rings (SSSR count). The maximum Gasteiger partial charge on any atom is 0.0555 e. The zero-order chi connectivity index (χ0) is 12.8. The van der Waals surface area contributed by atoms with Crippen LogP contribution in [0.15, 0.2) is 42.7 Å². The standard InChI is InChI=1S/C16H19N3/c17-12-1-3-13(4-2-12)18-10-9-16(11-18)19-14-5-6-15(19)8-7-14/h1-4,9-11,14-15H,5-8,17H2. The summed E-state index contributed by atoms with van der Waals surface area (Å²) >= 11 is 0. The maximum absolute atomic E-state index is 5.74. The summed E-state index contributed by atoms with van der Waals surface area (Å²) in [5.74, 6) is 0. The molecule has 3 heterocycles. The van der Waals surface area contributed by atoms with E-state index >= 15 is 0 Å². The van der Waals surface area contributed by atoms with Crippen molar-refractivity contribution < 1.29 is 0 Å². The Morgan fingerprint density at radius 3 is 2.11 bits per heavy atom. The van der Waals surface area contributed by atoms with Crippen molar-refractivity contribution in [1.82, 2.24) is 4.57 Å². The van der Waals surface area contributed by atoms with Gasteiger partial charge in [0.1, 0.15) is 0 Å². The third-order valence-electron chi connectivity index (χ3n) is 4.62. The van der Waals surface area contributed by atoms with Gasteiger partial charge in [0.15, 0.2) is 0 Å². The van der Waals surface area contributed by atoms with Gasteiger partial charge >= 0.3 is 0 Å². The summed E-state index contributed by atoms with van der Waals surface area (Å²) < 4.78 is 2.19. The summed E-state index contributed by atoms with van der Waals surface area (Å²) in [5, 5.41) is 0. The molecular weight excluding hydrogens is 234 g/mol. The summed E-state index contributed by atoms with van der Waals surface area (Å²) in [7, 11) is 0. The highest BCUT2D eigenvalue weighted by molar-refractivity contribution is 5.53. The molecule has 1 aromatic heterocycles. The van der Waals surface area contributed by atoms with Gasteiger partial charge in [0.2, 0.25) is 0 Å². The highest BCUT2D eigenvalue weighted by Crippen LogP contribution is 2.41. The monoisotopic (exact) mass is 253 g/mol. The van der Waals surface area contributed by atoms with Crippen LogP contribution in [0.1, 0.15) is 25.7 Å². The van der Waals surface area contributed by atoms with Gasteiger partial charge in [-0.1, -0.05) is 0 Å². The van der Waals surface area contributed by atoms with E-state index in [2.05, 4.69) is 40.1 Å². The van der Waals surface area contributed by atoms with Gasteiger partial charge in [0, 0.05) is 35.9 Å². The van der Waals surface area contributed by atoms with Gasteiger partial charge in [-0.05, 0) is 56.0 Å². The zero-order valence-corrected chi connectivity index (χ0v) is 11.0.